The third-order valence-electron chi connectivity index (χ3n) is 5.43. The molecule has 1 amide bonds. The van der Waals surface area contributed by atoms with Crippen molar-refractivity contribution in [3.63, 3.8) is 0 Å². The van der Waals surface area contributed by atoms with Crippen molar-refractivity contribution in [1.29, 1.82) is 0 Å². The molecule has 7 nitrogen and oxygen atoms in total. The minimum atomic E-state index is -1.13. The van der Waals surface area contributed by atoms with Crippen LogP contribution in [0.2, 0.25) is 5.02 Å². The van der Waals surface area contributed by atoms with Gasteiger partial charge in [-0.1, -0.05) is 35.9 Å². The molecule has 2 N–H and O–H groups in total. The normalized spacial score (nSPS) is 20.4. The summed E-state index contributed by atoms with van der Waals surface area (Å²) in [6, 6.07) is 12.7. The highest BCUT2D eigenvalue weighted by atomic mass is 35.5. The molecule has 3 unspecified atom stereocenters. The van der Waals surface area contributed by atoms with Crippen molar-refractivity contribution in [3.8, 4) is 5.75 Å². The number of hydrogen-bond donors (Lipinski definition) is 2. The van der Waals surface area contributed by atoms with E-state index in [-0.39, 0.29) is 29.2 Å². The van der Waals surface area contributed by atoms with E-state index in [1.807, 2.05) is 4.90 Å². The number of benzene rings is 2. The van der Waals surface area contributed by atoms with Gasteiger partial charge in [0.25, 0.3) is 11.1 Å². The van der Waals surface area contributed by atoms with Crippen LogP contribution in [0.1, 0.15) is 22.3 Å². The molecule has 9 heteroatoms. The van der Waals surface area contributed by atoms with E-state index in [1.165, 1.54) is 0 Å². The molecule has 31 heavy (non-hydrogen) atoms. The van der Waals surface area contributed by atoms with Gasteiger partial charge in [-0.2, -0.15) is 0 Å². The number of halogens is 1. The van der Waals surface area contributed by atoms with E-state index in [4.69, 9.17) is 33.3 Å². The Kier molecular flexibility index (Phi) is 6.41. The fourth-order valence-electron chi connectivity index (χ4n) is 3.79. The topological polar surface area (TPSA) is 88.1 Å². The second-order valence-corrected chi connectivity index (χ2v) is 8.31. The number of thiocarbonyl (C=S) groups is 1. The van der Waals surface area contributed by atoms with E-state index in [0.29, 0.717) is 17.5 Å². The van der Waals surface area contributed by atoms with Crippen LogP contribution in [-0.4, -0.2) is 58.4 Å². The quantitative estimate of drug-likeness (QED) is 0.641. The third kappa shape index (κ3) is 4.98. The van der Waals surface area contributed by atoms with E-state index in [9.17, 15) is 14.7 Å². The second-order valence-electron chi connectivity index (χ2n) is 7.56. The predicted molar refractivity (Wildman–Crippen MR) is 119 cm³/mol. The Morgan fingerprint density at radius 2 is 2.00 bits per heavy atom. The number of fused-ring (bicyclic) bond motifs is 2. The van der Waals surface area contributed by atoms with Crippen molar-refractivity contribution in [3.05, 3.63) is 64.7 Å². The van der Waals surface area contributed by atoms with Gasteiger partial charge in [-0.25, -0.2) is 4.79 Å². The molecule has 2 heterocycles. The molecule has 2 bridgehead atoms. The third-order valence-corrected chi connectivity index (χ3v) is 6.07. The number of carboxylic acids is 1. The first-order chi connectivity index (χ1) is 14.9. The first-order valence-electron chi connectivity index (χ1n) is 9.88. The van der Waals surface area contributed by atoms with Crippen LogP contribution in [0.25, 0.3) is 0 Å². The SMILES string of the molecule is O=C(NC(Cc1ccc(OC(=S)N2CC3CC2CO3)cc1)C(=O)O)c1ccccc1Cl. The van der Waals surface area contributed by atoms with Crippen LogP contribution in [0.4, 0.5) is 0 Å². The summed E-state index contributed by atoms with van der Waals surface area (Å²) >= 11 is 11.4. The van der Waals surface area contributed by atoms with Crippen molar-refractivity contribution in [2.24, 2.45) is 0 Å². The van der Waals surface area contributed by atoms with E-state index >= 15 is 0 Å². The minimum Gasteiger partial charge on any atom is -0.480 e. The van der Waals surface area contributed by atoms with Gasteiger partial charge >= 0.3 is 5.97 Å². The maximum absolute atomic E-state index is 12.4. The van der Waals surface area contributed by atoms with Gasteiger partial charge in [0.15, 0.2) is 0 Å². The Morgan fingerprint density at radius 1 is 1.26 bits per heavy atom. The van der Waals surface area contributed by atoms with Crippen molar-refractivity contribution in [2.45, 2.75) is 31.0 Å². The van der Waals surface area contributed by atoms with Crippen LogP contribution in [0.5, 0.6) is 5.75 Å². The molecule has 0 aliphatic carbocycles. The van der Waals surface area contributed by atoms with Gasteiger partial charge < -0.3 is 24.8 Å². The maximum atomic E-state index is 12.4. The summed E-state index contributed by atoms with van der Waals surface area (Å²) in [5, 5.41) is 12.7. The molecule has 2 aromatic carbocycles. The second kappa shape index (κ2) is 9.21. The number of nitrogens with one attached hydrogen (secondary N) is 1. The summed E-state index contributed by atoms with van der Waals surface area (Å²) < 4.78 is 11.4. The zero-order valence-electron chi connectivity index (χ0n) is 16.5. The minimum absolute atomic E-state index is 0.115. The molecule has 3 atom stereocenters. The number of carbonyl (C=O) groups excluding carboxylic acids is 1. The molecular formula is C22H21ClN2O5S. The fourth-order valence-corrected chi connectivity index (χ4v) is 4.33. The number of carboxylic acid groups (broad SMARTS) is 1. The van der Waals surface area contributed by atoms with Crippen LogP contribution in [-0.2, 0) is 16.0 Å². The van der Waals surface area contributed by atoms with E-state index in [0.717, 1.165) is 18.5 Å². The Balaban J connectivity index is 1.36. The van der Waals surface area contributed by atoms with E-state index in [1.54, 1.807) is 48.5 Å². The first-order valence-corrected chi connectivity index (χ1v) is 10.7. The summed E-state index contributed by atoms with van der Waals surface area (Å²) in [4.78, 5) is 26.1. The molecule has 4 rings (SSSR count). The number of morpholine rings is 1. The monoisotopic (exact) mass is 460 g/mol. The van der Waals surface area contributed by atoms with Crippen molar-refractivity contribution < 1.29 is 24.2 Å². The molecular weight excluding hydrogens is 440 g/mol. The van der Waals surface area contributed by atoms with E-state index < -0.39 is 17.9 Å². The largest absolute Gasteiger partial charge is 0.480 e. The van der Waals surface area contributed by atoms with Crippen molar-refractivity contribution in [1.82, 2.24) is 10.2 Å². The van der Waals surface area contributed by atoms with Gasteiger partial charge in [0.2, 0.25) is 0 Å². The molecule has 162 valence electrons. The molecule has 2 aliphatic rings. The Hall–Kier alpha value is -2.68. The molecule has 0 aromatic heterocycles. The smallest absolute Gasteiger partial charge is 0.326 e. The summed E-state index contributed by atoms with van der Waals surface area (Å²) in [5.41, 5.74) is 0.965. The highest BCUT2D eigenvalue weighted by Gasteiger charge is 2.40. The lowest BCUT2D eigenvalue weighted by atomic mass is 10.1. The number of aliphatic carboxylic acids is 1. The molecule has 2 aliphatic heterocycles. The van der Waals surface area contributed by atoms with Crippen LogP contribution >= 0.6 is 23.8 Å². The van der Waals surface area contributed by atoms with Crippen molar-refractivity contribution in [2.75, 3.05) is 13.2 Å². The molecule has 2 saturated heterocycles. The van der Waals surface area contributed by atoms with Gasteiger partial charge in [-0.05, 0) is 48.5 Å². The molecule has 0 saturated carbocycles. The van der Waals surface area contributed by atoms with Crippen LogP contribution in [0.3, 0.4) is 0 Å². The summed E-state index contributed by atoms with van der Waals surface area (Å²) in [6.45, 7) is 1.41. The Labute approximate surface area is 189 Å². The zero-order chi connectivity index (χ0) is 22.0. The lowest BCUT2D eigenvalue weighted by Gasteiger charge is -2.28. The number of nitrogens with zero attached hydrogens (tertiary/aromatic N) is 1. The lowest BCUT2D eigenvalue weighted by Crippen LogP contribution is -2.42. The number of rotatable bonds is 6. The van der Waals surface area contributed by atoms with Gasteiger partial charge in [-0.3, -0.25) is 4.79 Å². The highest BCUT2D eigenvalue weighted by molar-refractivity contribution is 7.80. The summed E-state index contributed by atoms with van der Waals surface area (Å²) in [7, 11) is 0. The molecule has 0 radical (unpaired) electrons. The summed E-state index contributed by atoms with van der Waals surface area (Å²) in [5.74, 6) is -1.09. The maximum Gasteiger partial charge on any atom is 0.326 e. The van der Waals surface area contributed by atoms with Crippen molar-refractivity contribution >= 4 is 40.9 Å². The number of amides is 1. The van der Waals surface area contributed by atoms with Gasteiger partial charge in [0, 0.05) is 13.0 Å². The number of ether oxygens (including phenoxy) is 2. The lowest BCUT2D eigenvalue weighted by molar-refractivity contribution is -0.139. The van der Waals surface area contributed by atoms with Gasteiger partial charge in [0.05, 0.1) is 29.3 Å². The Morgan fingerprint density at radius 3 is 2.61 bits per heavy atom. The van der Waals surface area contributed by atoms with Crippen LogP contribution in [0, 0.1) is 0 Å². The number of hydrogen-bond acceptors (Lipinski definition) is 5. The van der Waals surface area contributed by atoms with Gasteiger partial charge in [-0.15, -0.1) is 0 Å². The van der Waals surface area contributed by atoms with Crippen LogP contribution in [0.15, 0.2) is 48.5 Å². The van der Waals surface area contributed by atoms with Gasteiger partial charge in [0.1, 0.15) is 11.8 Å². The van der Waals surface area contributed by atoms with Crippen LogP contribution < -0.4 is 10.1 Å². The fraction of sp³-hybridized carbons (Fsp3) is 0.318. The predicted octanol–water partition coefficient (Wildman–Crippen LogP) is 2.90. The first kappa shape index (κ1) is 21.5. The standard InChI is InChI=1S/C22H21ClN2O5S/c23-18-4-2-1-3-17(18)20(26)24-19(21(27)28)9-13-5-7-15(8-6-13)30-22(31)25-11-16-10-14(25)12-29-16/h1-8,14,16,19H,9-12H2,(H,24,26)(H,27,28). The molecule has 2 fully saturated rings. The number of carbonyl (C=O) groups is 2. The average Bonchev–Trinajstić information content (AvgIpc) is 3.38. The summed E-state index contributed by atoms with van der Waals surface area (Å²) in [6.07, 6.45) is 1.31. The average molecular weight is 461 g/mol. The molecule has 0 spiro atoms. The number of likely N-dealkylation sites (tertiary alicyclic amines) is 1. The zero-order valence-corrected chi connectivity index (χ0v) is 18.1. The molecule has 2 aromatic rings. The Bertz CT molecular complexity index is 1000. The highest BCUT2D eigenvalue weighted by Crippen LogP contribution is 2.29. The van der Waals surface area contributed by atoms with E-state index in [2.05, 4.69) is 5.32 Å².